The second-order valence-corrected chi connectivity index (χ2v) is 9.35. The number of esters is 1. The van der Waals surface area contributed by atoms with Crippen molar-refractivity contribution in [2.45, 2.75) is 38.5 Å². The summed E-state index contributed by atoms with van der Waals surface area (Å²) in [6.07, 6.45) is 1.65. The topological polar surface area (TPSA) is 68.3 Å². The number of pyridine rings is 1. The van der Waals surface area contributed by atoms with Crippen LogP contribution in [0.4, 0.5) is 0 Å². The minimum Gasteiger partial charge on any atom is -0.465 e. The third-order valence-electron chi connectivity index (χ3n) is 4.19. The third-order valence-corrected chi connectivity index (χ3v) is 5.77. The van der Waals surface area contributed by atoms with E-state index in [2.05, 4.69) is 16.3 Å². The van der Waals surface area contributed by atoms with Crippen molar-refractivity contribution in [1.29, 1.82) is 0 Å². The molecule has 0 saturated carbocycles. The van der Waals surface area contributed by atoms with E-state index in [0.717, 1.165) is 5.56 Å². The van der Waals surface area contributed by atoms with Crippen molar-refractivity contribution in [2.24, 2.45) is 5.92 Å². The molecule has 0 unspecified atom stereocenters. The van der Waals surface area contributed by atoms with Gasteiger partial charge in [0.2, 0.25) is 0 Å². The lowest BCUT2D eigenvalue weighted by molar-refractivity contribution is -0.146. The summed E-state index contributed by atoms with van der Waals surface area (Å²) in [5.74, 6) is -1.20. The molecule has 0 spiro atoms. The molecule has 0 amide bonds. The first kappa shape index (κ1) is 22.0. The summed E-state index contributed by atoms with van der Waals surface area (Å²) in [5, 5.41) is 0. The van der Waals surface area contributed by atoms with Crippen molar-refractivity contribution < 1.29 is 13.7 Å². The molecule has 0 aliphatic heterocycles. The van der Waals surface area contributed by atoms with Crippen LogP contribution in [-0.2, 0) is 20.5 Å². The zero-order chi connectivity index (χ0) is 20.7. The molecule has 1 aromatic heterocycles. The highest BCUT2D eigenvalue weighted by Crippen LogP contribution is 2.34. The number of hydrogen-bond donors (Lipinski definition) is 1. The summed E-state index contributed by atoms with van der Waals surface area (Å²) >= 11 is 0. The summed E-state index contributed by atoms with van der Waals surface area (Å²) in [6, 6.07) is 14.3. The van der Waals surface area contributed by atoms with Crippen molar-refractivity contribution >= 4 is 22.5 Å². The highest BCUT2D eigenvalue weighted by atomic mass is 32.2. The van der Waals surface area contributed by atoms with E-state index in [1.807, 2.05) is 63.2 Å². The van der Waals surface area contributed by atoms with E-state index < -0.39 is 33.7 Å². The van der Waals surface area contributed by atoms with Crippen LogP contribution in [0.2, 0.25) is 0 Å². The standard InChI is InChI=1S/C22H28N2O3S/c1-6-27-21(25)19(16(2)17-12-8-7-9-13-17)20(18-14-10-11-15-23-18)24-28(26)22(3,4)5/h7-15,19-20,24H,2,6H2,1,3-5H3/t19-,20-,28+/m1/s1. The molecule has 1 aromatic carbocycles. The summed E-state index contributed by atoms with van der Waals surface area (Å²) in [5.41, 5.74) is 2.02. The first-order chi connectivity index (χ1) is 13.3. The van der Waals surface area contributed by atoms with Crippen LogP contribution >= 0.6 is 0 Å². The average Bonchev–Trinajstić information content (AvgIpc) is 2.68. The molecule has 3 atom stereocenters. The molecular formula is C22H28N2O3S. The number of aromatic nitrogens is 1. The number of rotatable bonds is 8. The number of carbonyl (C=O) groups excluding carboxylic acids is 1. The van der Waals surface area contributed by atoms with Gasteiger partial charge in [0.15, 0.2) is 0 Å². The Kier molecular flexibility index (Phi) is 7.66. The number of carbonyl (C=O) groups is 1. The first-order valence-corrected chi connectivity index (χ1v) is 10.4. The largest absolute Gasteiger partial charge is 0.465 e. The second-order valence-electron chi connectivity index (χ2n) is 7.35. The maximum absolute atomic E-state index is 13.0. The Balaban J connectivity index is 2.52. The van der Waals surface area contributed by atoms with E-state index in [1.165, 1.54) is 0 Å². The quantitative estimate of drug-likeness (QED) is 0.678. The maximum atomic E-state index is 13.0. The van der Waals surface area contributed by atoms with Crippen LogP contribution in [0.25, 0.3) is 5.57 Å². The Labute approximate surface area is 169 Å². The Bertz CT molecular complexity index is 817. The van der Waals surface area contributed by atoms with Crippen LogP contribution in [-0.4, -0.2) is 26.5 Å². The molecule has 1 heterocycles. The fourth-order valence-electron chi connectivity index (χ4n) is 2.69. The Morgan fingerprint density at radius 3 is 2.36 bits per heavy atom. The van der Waals surface area contributed by atoms with Gasteiger partial charge in [-0.25, -0.2) is 8.93 Å². The van der Waals surface area contributed by atoms with Crippen LogP contribution in [0.5, 0.6) is 0 Å². The van der Waals surface area contributed by atoms with Crippen LogP contribution in [0, 0.1) is 5.92 Å². The van der Waals surface area contributed by atoms with Gasteiger partial charge in [-0.3, -0.25) is 9.78 Å². The molecule has 2 aromatic rings. The molecule has 6 heteroatoms. The zero-order valence-electron chi connectivity index (χ0n) is 16.8. The van der Waals surface area contributed by atoms with E-state index in [0.29, 0.717) is 11.3 Å². The maximum Gasteiger partial charge on any atom is 0.315 e. The van der Waals surface area contributed by atoms with Crippen molar-refractivity contribution in [3.05, 3.63) is 72.6 Å². The molecule has 0 bridgehead atoms. The van der Waals surface area contributed by atoms with Gasteiger partial charge < -0.3 is 4.74 Å². The van der Waals surface area contributed by atoms with Crippen molar-refractivity contribution in [3.8, 4) is 0 Å². The van der Waals surface area contributed by atoms with E-state index in [1.54, 1.807) is 19.2 Å². The predicted octanol–water partition coefficient (Wildman–Crippen LogP) is 4.07. The fraction of sp³-hybridized carbons (Fsp3) is 0.364. The van der Waals surface area contributed by atoms with Gasteiger partial charge in [0.1, 0.15) is 5.92 Å². The molecule has 1 N–H and O–H groups in total. The molecule has 0 aliphatic rings. The van der Waals surface area contributed by atoms with Gasteiger partial charge in [-0.1, -0.05) is 43.0 Å². The lowest BCUT2D eigenvalue weighted by atomic mass is 9.86. The molecule has 0 fully saturated rings. The summed E-state index contributed by atoms with van der Waals surface area (Å²) in [7, 11) is -1.42. The Hall–Kier alpha value is -2.31. The van der Waals surface area contributed by atoms with Gasteiger partial charge in [-0.2, -0.15) is 0 Å². The molecule has 5 nitrogen and oxygen atoms in total. The third kappa shape index (κ3) is 5.59. The van der Waals surface area contributed by atoms with Crippen LogP contribution < -0.4 is 4.72 Å². The van der Waals surface area contributed by atoms with E-state index in [9.17, 15) is 9.00 Å². The zero-order valence-corrected chi connectivity index (χ0v) is 17.7. The number of benzene rings is 1. The van der Waals surface area contributed by atoms with Gasteiger partial charge in [0, 0.05) is 6.20 Å². The van der Waals surface area contributed by atoms with Crippen molar-refractivity contribution in [2.75, 3.05) is 6.61 Å². The molecule has 0 radical (unpaired) electrons. The van der Waals surface area contributed by atoms with Gasteiger partial charge in [-0.15, -0.1) is 0 Å². The van der Waals surface area contributed by atoms with Crippen LogP contribution in [0.15, 0.2) is 61.3 Å². The second kappa shape index (κ2) is 9.75. The molecule has 150 valence electrons. The smallest absolute Gasteiger partial charge is 0.315 e. The van der Waals surface area contributed by atoms with Gasteiger partial charge >= 0.3 is 5.97 Å². The highest BCUT2D eigenvalue weighted by molar-refractivity contribution is 7.84. The number of nitrogens with one attached hydrogen (secondary N) is 1. The fourth-order valence-corrected chi connectivity index (χ4v) is 3.54. The number of hydrogen-bond acceptors (Lipinski definition) is 4. The highest BCUT2D eigenvalue weighted by Gasteiger charge is 2.37. The van der Waals surface area contributed by atoms with E-state index >= 15 is 0 Å². The predicted molar refractivity (Wildman–Crippen MR) is 114 cm³/mol. The summed E-state index contributed by atoms with van der Waals surface area (Å²) in [6.45, 7) is 11.8. The number of ether oxygens (including phenoxy) is 1. The van der Waals surface area contributed by atoms with Crippen molar-refractivity contribution in [3.63, 3.8) is 0 Å². The van der Waals surface area contributed by atoms with Crippen LogP contribution in [0.1, 0.15) is 45.0 Å². The van der Waals surface area contributed by atoms with Gasteiger partial charge in [0.05, 0.1) is 34.1 Å². The summed E-state index contributed by atoms with van der Waals surface area (Å²) < 4.78 is 20.8. The number of nitrogens with zero attached hydrogens (tertiary/aromatic N) is 1. The van der Waals surface area contributed by atoms with E-state index in [4.69, 9.17) is 4.74 Å². The minimum atomic E-state index is -1.42. The average molecular weight is 401 g/mol. The lowest BCUT2D eigenvalue weighted by Gasteiger charge is -2.30. The minimum absolute atomic E-state index is 0.245. The molecule has 0 saturated heterocycles. The molecular weight excluding hydrogens is 372 g/mol. The lowest BCUT2D eigenvalue weighted by Crippen LogP contribution is -2.41. The molecule has 28 heavy (non-hydrogen) atoms. The van der Waals surface area contributed by atoms with Gasteiger partial charge in [0.25, 0.3) is 0 Å². The Morgan fingerprint density at radius 2 is 1.82 bits per heavy atom. The SMILES string of the molecule is C=C(c1ccccc1)[C@@H](C(=O)OCC)[C@H](N[S@@](=O)C(C)(C)C)c1ccccn1. The van der Waals surface area contributed by atoms with E-state index in [-0.39, 0.29) is 6.61 Å². The van der Waals surface area contributed by atoms with Gasteiger partial charge in [-0.05, 0) is 51.0 Å². The molecule has 2 rings (SSSR count). The first-order valence-electron chi connectivity index (χ1n) is 9.25. The Morgan fingerprint density at radius 1 is 1.18 bits per heavy atom. The van der Waals surface area contributed by atoms with Crippen LogP contribution in [0.3, 0.4) is 0 Å². The van der Waals surface area contributed by atoms with Crippen molar-refractivity contribution in [1.82, 2.24) is 9.71 Å². The monoisotopic (exact) mass is 400 g/mol. The normalized spacial score (nSPS) is 14.7. The summed E-state index contributed by atoms with van der Waals surface area (Å²) in [4.78, 5) is 17.4. The molecule has 0 aliphatic carbocycles.